The Morgan fingerprint density at radius 1 is 1.08 bits per heavy atom. The number of allylic oxidation sites excluding steroid dienone is 2. The highest BCUT2D eigenvalue weighted by atomic mass is 16.3. The summed E-state index contributed by atoms with van der Waals surface area (Å²) in [5, 5.41) is 22.0. The maximum absolute atomic E-state index is 12.6. The first-order chi connectivity index (χ1) is 12.6. The molecule has 3 aliphatic carbocycles. The molecule has 0 saturated carbocycles. The van der Waals surface area contributed by atoms with Gasteiger partial charge in [-0.1, -0.05) is 32.0 Å². The smallest absolute Gasteiger partial charge is 0.228 e. The lowest BCUT2D eigenvalue weighted by molar-refractivity contribution is 0.0977. The number of Topliss-reactive ketones (excluding diaryl/α,β-unsaturated/α-hetero) is 1. The van der Waals surface area contributed by atoms with Crippen molar-refractivity contribution in [2.24, 2.45) is 0 Å². The predicted molar refractivity (Wildman–Crippen MR) is 104 cm³/mol. The molecular formula is C22H22N2O2. The summed E-state index contributed by atoms with van der Waals surface area (Å²) in [4.78, 5) is 15.0. The summed E-state index contributed by atoms with van der Waals surface area (Å²) in [7, 11) is 0. The summed E-state index contributed by atoms with van der Waals surface area (Å²) >= 11 is 0. The van der Waals surface area contributed by atoms with Gasteiger partial charge in [0, 0.05) is 17.7 Å². The number of carbonyl (C=O) groups is 1. The minimum atomic E-state index is -0.380. The quantitative estimate of drug-likeness (QED) is 0.747. The van der Waals surface area contributed by atoms with Gasteiger partial charge in [0.05, 0.1) is 5.36 Å². The largest absolute Gasteiger partial charge is 0.504 e. The van der Waals surface area contributed by atoms with Crippen molar-refractivity contribution in [3.63, 3.8) is 0 Å². The number of benzene rings is 2. The van der Waals surface area contributed by atoms with E-state index in [2.05, 4.69) is 24.8 Å². The van der Waals surface area contributed by atoms with E-state index >= 15 is 0 Å². The Morgan fingerprint density at radius 2 is 1.85 bits per heavy atom. The molecule has 0 heterocycles. The summed E-state index contributed by atoms with van der Waals surface area (Å²) in [6, 6.07) is 8.11. The van der Waals surface area contributed by atoms with E-state index < -0.39 is 0 Å². The van der Waals surface area contributed by atoms with Crippen LogP contribution in [-0.2, 0) is 6.42 Å². The van der Waals surface area contributed by atoms with Gasteiger partial charge in [-0.05, 0) is 64.8 Å². The van der Waals surface area contributed by atoms with Crippen molar-refractivity contribution in [3.05, 3.63) is 57.8 Å². The second-order valence-electron chi connectivity index (χ2n) is 6.80. The highest BCUT2D eigenvalue weighted by Crippen LogP contribution is 2.35. The van der Waals surface area contributed by atoms with E-state index in [1.165, 1.54) is 6.08 Å². The number of nitrogens with one attached hydrogen (secondary N) is 1. The number of aliphatic hydroxyl groups is 1. The fourth-order valence-corrected chi connectivity index (χ4v) is 4.05. The third-order valence-electron chi connectivity index (χ3n) is 5.52. The molecular weight excluding hydrogens is 324 g/mol. The van der Waals surface area contributed by atoms with Crippen molar-refractivity contribution in [2.45, 2.75) is 20.3 Å². The molecule has 2 N–H and O–H groups in total. The van der Waals surface area contributed by atoms with Crippen molar-refractivity contribution in [1.29, 1.82) is 5.41 Å². The number of aliphatic hydroxyl groups excluding tert-OH is 1. The SMILES string of the molecule is CCN(CC)CCc1cc2cccc3c2-c(c2c3=CC=C(O)C2=O)c1=N. The summed E-state index contributed by atoms with van der Waals surface area (Å²) < 4.78 is 0. The number of hydrogen-bond acceptors (Lipinski definition) is 4. The van der Waals surface area contributed by atoms with E-state index in [4.69, 9.17) is 5.41 Å². The van der Waals surface area contributed by atoms with Crippen LogP contribution in [0.15, 0.2) is 36.1 Å². The second kappa shape index (κ2) is 6.22. The molecule has 0 saturated heterocycles. The van der Waals surface area contributed by atoms with Gasteiger partial charge >= 0.3 is 0 Å². The molecule has 26 heavy (non-hydrogen) atoms. The van der Waals surface area contributed by atoms with Crippen LogP contribution in [0.25, 0.3) is 28.0 Å². The van der Waals surface area contributed by atoms with E-state index in [0.29, 0.717) is 16.5 Å². The molecule has 3 aliphatic rings. The maximum Gasteiger partial charge on any atom is 0.228 e. The van der Waals surface area contributed by atoms with Crippen molar-refractivity contribution in [3.8, 4) is 11.1 Å². The first kappa shape index (κ1) is 16.7. The fourth-order valence-electron chi connectivity index (χ4n) is 4.05. The third-order valence-corrected chi connectivity index (χ3v) is 5.52. The monoisotopic (exact) mass is 346 g/mol. The van der Waals surface area contributed by atoms with Gasteiger partial charge < -0.3 is 10.0 Å². The zero-order chi connectivity index (χ0) is 18.4. The standard InChI is InChI=1S/C22H22N2O2/c1-3-24(4-2)11-10-14-12-13-6-5-7-15-16-8-9-17(25)22(26)19(16)20(18(13)15)21(14)23/h5-9,12,23,25H,3-4,10-11H2,1-2H3. The van der Waals surface area contributed by atoms with Crippen LogP contribution in [0, 0.1) is 5.41 Å². The summed E-state index contributed by atoms with van der Waals surface area (Å²) in [6.07, 6.45) is 4.02. The van der Waals surface area contributed by atoms with Crippen LogP contribution in [0.5, 0.6) is 0 Å². The molecule has 0 fully saturated rings. The molecule has 4 nitrogen and oxygen atoms in total. The van der Waals surface area contributed by atoms with Crippen LogP contribution in [0.2, 0.25) is 0 Å². The minimum absolute atomic E-state index is 0.252. The molecule has 4 rings (SSSR count). The molecule has 1 aromatic rings. The van der Waals surface area contributed by atoms with Crippen molar-refractivity contribution in [1.82, 2.24) is 4.90 Å². The Morgan fingerprint density at radius 3 is 2.58 bits per heavy atom. The molecule has 0 aliphatic heterocycles. The lowest BCUT2D eigenvalue weighted by Crippen LogP contribution is -2.27. The van der Waals surface area contributed by atoms with Gasteiger partial charge in [0.15, 0.2) is 5.76 Å². The van der Waals surface area contributed by atoms with Crippen LogP contribution < -0.4 is 10.6 Å². The molecule has 1 aromatic carbocycles. The van der Waals surface area contributed by atoms with Gasteiger partial charge in [-0.2, -0.15) is 0 Å². The van der Waals surface area contributed by atoms with E-state index in [1.807, 2.05) is 18.2 Å². The molecule has 132 valence electrons. The molecule has 0 unspecified atom stereocenters. The molecule has 0 radical (unpaired) electrons. The fraction of sp³-hybridized carbons (Fsp3) is 0.273. The van der Waals surface area contributed by atoms with Gasteiger partial charge in [-0.15, -0.1) is 0 Å². The number of ketones is 1. The van der Waals surface area contributed by atoms with Crippen molar-refractivity contribution < 1.29 is 9.90 Å². The number of rotatable bonds is 5. The summed E-state index contributed by atoms with van der Waals surface area (Å²) in [5.74, 6) is -0.632. The van der Waals surface area contributed by atoms with Crippen LogP contribution in [0.1, 0.15) is 29.8 Å². The average Bonchev–Trinajstić information content (AvgIpc) is 2.99. The van der Waals surface area contributed by atoms with Gasteiger partial charge in [0.25, 0.3) is 0 Å². The molecule has 0 aromatic heterocycles. The predicted octanol–water partition coefficient (Wildman–Crippen LogP) is 2.88. The highest BCUT2D eigenvalue weighted by Gasteiger charge is 2.29. The number of hydrogen-bond donors (Lipinski definition) is 2. The summed E-state index contributed by atoms with van der Waals surface area (Å²) in [5.41, 5.74) is 3.07. The van der Waals surface area contributed by atoms with E-state index in [-0.39, 0.29) is 11.5 Å². The molecule has 4 heteroatoms. The Labute approximate surface area is 152 Å². The molecule has 0 atom stereocenters. The lowest BCUT2D eigenvalue weighted by atomic mass is 9.92. The van der Waals surface area contributed by atoms with Crippen LogP contribution in [0.3, 0.4) is 0 Å². The first-order valence-electron chi connectivity index (χ1n) is 9.13. The Balaban J connectivity index is 1.97. The minimum Gasteiger partial charge on any atom is -0.504 e. The Kier molecular flexibility index (Phi) is 4.00. The maximum atomic E-state index is 12.6. The first-order valence-corrected chi connectivity index (χ1v) is 9.13. The lowest BCUT2D eigenvalue weighted by Gasteiger charge is -2.18. The molecule has 0 bridgehead atoms. The van der Waals surface area contributed by atoms with Crippen molar-refractivity contribution in [2.75, 3.05) is 19.6 Å². The highest BCUT2D eigenvalue weighted by molar-refractivity contribution is 6.19. The molecule has 0 amide bonds. The number of fused-ring (bicyclic) bond motifs is 3. The topological polar surface area (TPSA) is 64.4 Å². The van der Waals surface area contributed by atoms with Crippen LogP contribution >= 0.6 is 0 Å². The van der Waals surface area contributed by atoms with Crippen molar-refractivity contribution >= 4 is 22.6 Å². The van der Waals surface area contributed by atoms with Crippen LogP contribution in [-0.4, -0.2) is 35.4 Å². The zero-order valence-corrected chi connectivity index (χ0v) is 15.1. The van der Waals surface area contributed by atoms with Gasteiger partial charge in [-0.25, -0.2) is 0 Å². The van der Waals surface area contributed by atoms with E-state index in [0.717, 1.165) is 53.2 Å². The van der Waals surface area contributed by atoms with Gasteiger partial charge in [0.1, 0.15) is 0 Å². The number of carbonyl (C=O) groups excluding carboxylic acids is 1. The average molecular weight is 346 g/mol. The summed E-state index contributed by atoms with van der Waals surface area (Å²) in [6.45, 7) is 7.13. The van der Waals surface area contributed by atoms with Gasteiger partial charge in [-0.3, -0.25) is 10.2 Å². The molecule has 0 spiro atoms. The Bertz CT molecular complexity index is 1110. The number of likely N-dealkylation sites (N-methyl/N-ethyl adjacent to an activating group) is 1. The van der Waals surface area contributed by atoms with E-state index in [1.54, 1.807) is 6.08 Å². The van der Waals surface area contributed by atoms with Crippen LogP contribution in [0.4, 0.5) is 0 Å². The Hall–Kier alpha value is -2.72. The zero-order valence-electron chi connectivity index (χ0n) is 15.1. The number of nitrogens with zero attached hydrogens (tertiary/aromatic N) is 1. The third kappa shape index (κ3) is 2.33. The van der Waals surface area contributed by atoms with Gasteiger partial charge in [0.2, 0.25) is 5.78 Å². The van der Waals surface area contributed by atoms with E-state index in [9.17, 15) is 9.90 Å². The second-order valence-corrected chi connectivity index (χ2v) is 6.80. The normalized spacial score (nSPS) is 14.1.